The normalized spacial score (nSPS) is 13.4. The summed E-state index contributed by atoms with van der Waals surface area (Å²) in [6.45, 7) is 25.3. The Morgan fingerprint density at radius 2 is 0.547 bits per heavy atom. The second-order valence-electron chi connectivity index (χ2n) is 14.4. The van der Waals surface area contributed by atoms with Crippen LogP contribution in [-0.2, 0) is 32.9 Å². The average molecular weight is 870 g/mol. The molecule has 4 radical (unpaired) electrons. The van der Waals surface area contributed by atoms with Crippen LogP contribution >= 0.6 is 0 Å². The molecule has 0 heterocycles. The Morgan fingerprint density at radius 1 is 0.321 bits per heavy atom. The molecule has 0 aliphatic carbocycles. The molecule has 0 saturated carbocycles. The van der Waals surface area contributed by atoms with E-state index in [1.54, 1.807) is 0 Å². The fourth-order valence-corrected chi connectivity index (χ4v) is 38.6. The van der Waals surface area contributed by atoms with Crippen LogP contribution < -0.4 is 20.7 Å². The predicted octanol–water partition coefficient (Wildman–Crippen LogP) is 6.48. The molecule has 0 fully saturated rings. The Balaban J connectivity index is 2.19. The first kappa shape index (κ1) is 44.2. The third-order valence-corrected chi connectivity index (χ3v) is 34.9. The van der Waals surface area contributed by atoms with E-state index >= 15 is 0 Å². The van der Waals surface area contributed by atoms with Gasteiger partial charge in [-0.25, -0.2) is 0 Å². The van der Waals surface area contributed by atoms with Crippen LogP contribution in [0.2, 0.25) is 78.6 Å². The van der Waals surface area contributed by atoms with Gasteiger partial charge in [-0.2, -0.15) is 0 Å². The van der Waals surface area contributed by atoms with E-state index in [2.05, 4.69) is 127 Å². The Bertz CT molecular complexity index is 1470. The molecule has 4 rings (SSSR count). The zero-order valence-corrected chi connectivity index (χ0v) is 42.3. The minimum atomic E-state index is -4.52. The molecule has 0 amide bonds. The van der Waals surface area contributed by atoms with Crippen molar-refractivity contribution in [2.45, 2.75) is 78.6 Å². The summed E-state index contributed by atoms with van der Waals surface area (Å²) in [5.41, 5.74) is 0. The SMILES string of the molecule is C[Si](C)O[Si](C)(C)O[Si](O[Si](C)(C)O[Si](C)C)(O[Si](O[Si](C)C)(c1ccccc1)c1ccccc1)O[Si](O[Si](C)C)(c1ccccc1)c1ccccc1. The van der Waals surface area contributed by atoms with Gasteiger partial charge in [0.25, 0.3) is 0 Å². The Morgan fingerprint density at radius 3 is 0.755 bits per heavy atom. The zero-order chi connectivity index (χ0) is 38.9. The molecule has 0 aliphatic rings. The highest BCUT2D eigenvalue weighted by Gasteiger charge is 2.66. The van der Waals surface area contributed by atoms with Crippen molar-refractivity contribution in [3.05, 3.63) is 121 Å². The molecule has 53 heavy (non-hydrogen) atoms. The van der Waals surface area contributed by atoms with E-state index in [1.807, 2.05) is 72.8 Å². The van der Waals surface area contributed by atoms with Crippen molar-refractivity contribution in [1.29, 1.82) is 0 Å². The smallest absolute Gasteiger partial charge is 0.436 e. The van der Waals surface area contributed by atoms with Crippen molar-refractivity contribution in [3.8, 4) is 0 Å². The van der Waals surface area contributed by atoms with Crippen molar-refractivity contribution >= 4 is 100 Å². The van der Waals surface area contributed by atoms with Gasteiger partial charge in [-0.15, -0.1) is 0 Å². The fraction of sp³-hybridized carbons (Fsp3) is 0.333. The molecule has 4 aromatic rings. The topological polar surface area (TPSA) is 73.8 Å². The first-order valence-electron chi connectivity index (χ1n) is 17.9. The van der Waals surface area contributed by atoms with E-state index in [9.17, 15) is 0 Å². The maximum absolute atomic E-state index is 7.94. The van der Waals surface area contributed by atoms with Gasteiger partial charge in [0, 0.05) is 0 Å². The van der Waals surface area contributed by atoms with Crippen LogP contribution in [0, 0.1) is 0 Å². The first-order chi connectivity index (χ1) is 24.9. The van der Waals surface area contributed by atoms with E-state index in [0.717, 1.165) is 20.7 Å². The average Bonchev–Trinajstić information content (AvgIpc) is 3.07. The lowest BCUT2D eigenvalue weighted by molar-refractivity contribution is 0.109. The molecular weight excluding hydrogens is 813 g/mol. The second-order valence-corrected chi connectivity index (χ2v) is 39.6. The van der Waals surface area contributed by atoms with Crippen LogP contribution in [0.3, 0.4) is 0 Å². The summed E-state index contributed by atoms with van der Waals surface area (Å²) < 4.78 is 59.1. The molecule has 0 spiro atoms. The number of benzene rings is 4. The molecule has 8 nitrogen and oxygen atoms in total. The molecule has 0 saturated heterocycles. The monoisotopic (exact) mass is 868 g/mol. The summed E-state index contributed by atoms with van der Waals surface area (Å²) >= 11 is 0. The summed E-state index contributed by atoms with van der Waals surface area (Å²) in [7, 11) is -23.3. The number of rotatable bonds is 20. The minimum Gasteiger partial charge on any atom is -0.436 e. The van der Waals surface area contributed by atoms with Crippen molar-refractivity contribution in [1.82, 2.24) is 0 Å². The number of hydrogen-bond donors (Lipinski definition) is 0. The van der Waals surface area contributed by atoms with Crippen molar-refractivity contribution < 1.29 is 32.9 Å². The van der Waals surface area contributed by atoms with Gasteiger partial charge in [0.2, 0.25) is 0 Å². The number of hydrogen-bond acceptors (Lipinski definition) is 8. The molecule has 4 aromatic carbocycles. The largest absolute Gasteiger partial charge is 0.644 e. The van der Waals surface area contributed by atoms with Crippen LogP contribution in [0.1, 0.15) is 0 Å². The lowest BCUT2D eigenvalue weighted by Crippen LogP contribution is -2.79. The molecule has 0 N–H and O–H groups in total. The van der Waals surface area contributed by atoms with Gasteiger partial charge in [-0.1, -0.05) is 121 Å². The Hall–Kier alpha value is -1.49. The van der Waals surface area contributed by atoms with E-state index in [1.165, 1.54) is 0 Å². The maximum Gasteiger partial charge on any atom is 0.644 e. The predicted molar refractivity (Wildman–Crippen MR) is 235 cm³/mol. The fourth-order valence-electron chi connectivity index (χ4n) is 6.16. The lowest BCUT2D eigenvalue weighted by atomic mass is 10.4. The standard InChI is InChI=1S/C36H56O8Si9/c1-45(2)37-49(9,10)41-53(42-50(11,12)38-46(3)4,43-51(39-47(5)6,33-25-17-13-18-26-33)34-27-19-14-20-28-34)44-52(40-48(7)8,35-29-21-15-22-30-35)36-31-23-16-24-32-36/h13-32H,1-12H3. The van der Waals surface area contributed by atoms with E-state index in [4.69, 9.17) is 32.9 Å². The molecule has 0 bridgehead atoms. The quantitative estimate of drug-likeness (QED) is 0.0937. The van der Waals surface area contributed by atoms with Gasteiger partial charge >= 0.3 is 43.3 Å². The van der Waals surface area contributed by atoms with Crippen molar-refractivity contribution in [2.75, 3.05) is 0 Å². The highest BCUT2D eigenvalue weighted by Crippen LogP contribution is 2.32. The van der Waals surface area contributed by atoms with Crippen molar-refractivity contribution in [3.63, 3.8) is 0 Å². The maximum atomic E-state index is 7.94. The van der Waals surface area contributed by atoms with E-state index in [0.29, 0.717) is 0 Å². The highest BCUT2D eigenvalue weighted by molar-refractivity contribution is 7.04. The Kier molecular flexibility index (Phi) is 15.9. The van der Waals surface area contributed by atoms with Gasteiger partial charge < -0.3 is 32.9 Å². The summed E-state index contributed by atoms with van der Waals surface area (Å²) in [5, 5.41) is 3.72. The summed E-state index contributed by atoms with van der Waals surface area (Å²) in [5.74, 6) is 0. The molecule has 0 aliphatic heterocycles. The third kappa shape index (κ3) is 12.2. The third-order valence-electron chi connectivity index (χ3n) is 7.49. The van der Waals surface area contributed by atoms with Crippen LogP contribution in [-0.4, -0.2) is 79.5 Å². The van der Waals surface area contributed by atoms with E-state index in [-0.39, 0.29) is 0 Å². The second kappa shape index (κ2) is 19.1. The molecule has 0 unspecified atom stereocenters. The van der Waals surface area contributed by atoms with Gasteiger partial charge in [0.15, 0.2) is 36.2 Å². The summed E-state index contributed by atoms with van der Waals surface area (Å²) in [4.78, 5) is 0. The van der Waals surface area contributed by atoms with Gasteiger partial charge in [-0.05, 0) is 99.3 Å². The zero-order valence-electron chi connectivity index (χ0n) is 33.3. The summed E-state index contributed by atoms with van der Waals surface area (Å²) in [6, 6.07) is 41.0. The molecule has 0 aromatic heterocycles. The van der Waals surface area contributed by atoms with Crippen LogP contribution in [0.4, 0.5) is 0 Å². The first-order valence-corrected chi connectivity index (χ1v) is 38.4. The van der Waals surface area contributed by atoms with E-state index < -0.39 is 79.5 Å². The van der Waals surface area contributed by atoms with Crippen LogP contribution in [0.15, 0.2) is 121 Å². The molecule has 284 valence electrons. The summed E-state index contributed by atoms with van der Waals surface area (Å²) in [6.07, 6.45) is 0. The van der Waals surface area contributed by atoms with Gasteiger partial charge in [0.05, 0.1) is 0 Å². The highest BCUT2D eigenvalue weighted by atomic mass is 28.6. The van der Waals surface area contributed by atoms with Gasteiger partial charge in [-0.3, -0.25) is 0 Å². The molecule has 0 atom stereocenters. The lowest BCUT2D eigenvalue weighted by Gasteiger charge is -2.48. The van der Waals surface area contributed by atoms with Crippen molar-refractivity contribution in [2.24, 2.45) is 0 Å². The van der Waals surface area contributed by atoms with Gasteiger partial charge in [0.1, 0.15) is 0 Å². The molecular formula is C36H56O8Si9. The van der Waals surface area contributed by atoms with Crippen LogP contribution in [0.25, 0.3) is 0 Å². The van der Waals surface area contributed by atoms with Crippen LogP contribution in [0.5, 0.6) is 0 Å². The molecule has 17 heteroatoms. The Labute approximate surface area is 331 Å². The minimum absolute atomic E-state index is 0.931.